The zero-order chi connectivity index (χ0) is 29.2. The molecular weight excluding hydrogens is 531 g/mol. The van der Waals surface area contributed by atoms with Crippen LogP contribution in [0.1, 0.15) is 119 Å². The third kappa shape index (κ3) is 9.66. The van der Waals surface area contributed by atoms with Gasteiger partial charge in [-0.25, -0.2) is 13.2 Å². The smallest absolute Gasteiger partial charge is 0.313 e. The van der Waals surface area contributed by atoms with E-state index in [2.05, 4.69) is 19.1 Å². The van der Waals surface area contributed by atoms with E-state index in [9.17, 15) is 22.0 Å². The number of alkyl halides is 2. The average molecular weight is 577 g/mol. The van der Waals surface area contributed by atoms with Gasteiger partial charge in [0.1, 0.15) is 17.5 Å². The van der Waals surface area contributed by atoms with Gasteiger partial charge in [0.05, 0.1) is 11.7 Å². The number of aryl methyl sites for hydroxylation is 1. The van der Waals surface area contributed by atoms with E-state index in [-0.39, 0.29) is 5.92 Å². The van der Waals surface area contributed by atoms with Crippen molar-refractivity contribution in [3.63, 3.8) is 0 Å². The molecule has 2 aliphatic carbocycles. The lowest BCUT2D eigenvalue weighted by Gasteiger charge is -2.31. The van der Waals surface area contributed by atoms with Crippen LogP contribution in [0, 0.1) is 29.3 Å². The van der Waals surface area contributed by atoms with Crippen LogP contribution in [0.3, 0.4) is 0 Å². The first-order valence-corrected chi connectivity index (χ1v) is 15.7. The van der Waals surface area contributed by atoms with Gasteiger partial charge < -0.3 is 4.74 Å². The highest BCUT2D eigenvalue weighted by atomic mass is 19.3. The van der Waals surface area contributed by atoms with E-state index in [1.807, 2.05) is 0 Å². The maximum Gasteiger partial charge on any atom is 0.386 e. The fourth-order valence-electron chi connectivity index (χ4n) is 6.50. The van der Waals surface area contributed by atoms with Gasteiger partial charge >= 0.3 is 6.11 Å². The molecule has 0 saturated heterocycles. The zero-order valence-electron chi connectivity index (χ0n) is 24.3. The van der Waals surface area contributed by atoms with Gasteiger partial charge in [0.25, 0.3) is 0 Å². The minimum Gasteiger partial charge on any atom is -0.313 e. The number of allylic oxidation sites excluding steroid dienone is 2. The Balaban J connectivity index is 1.18. The van der Waals surface area contributed by atoms with Gasteiger partial charge in [-0.1, -0.05) is 57.2 Å². The number of benzene rings is 2. The monoisotopic (exact) mass is 576 g/mol. The van der Waals surface area contributed by atoms with E-state index in [1.54, 1.807) is 6.07 Å². The topological polar surface area (TPSA) is 9.23 Å². The van der Waals surface area contributed by atoms with Crippen LogP contribution in [-0.4, -0.2) is 6.10 Å². The number of ether oxygens (including phenoxy) is 1. The normalized spacial score (nSPS) is 23.8. The van der Waals surface area contributed by atoms with Crippen LogP contribution in [0.2, 0.25) is 0 Å². The Bertz CT molecular complexity index is 1090. The van der Waals surface area contributed by atoms with Crippen molar-refractivity contribution in [1.29, 1.82) is 0 Å². The molecule has 4 rings (SSSR count). The van der Waals surface area contributed by atoms with Crippen molar-refractivity contribution in [1.82, 2.24) is 0 Å². The van der Waals surface area contributed by atoms with Crippen LogP contribution < -0.4 is 0 Å². The maximum absolute atomic E-state index is 14.9. The molecule has 0 amide bonds. The lowest BCUT2D eigenvalue weighted by Crippen LogP contribution is -2.30. The number of rotatable bonds is 13. The second-order valence-electron chi connectivity index (χ2n) is 12.2. The summed E-state index contributed by atoms with van der Waals surface area (Å²) in [4.78, 5) is 0. The summed E-state index contributed by atoms with van der Waals surface area (Å²) in [5.74, 6) is -1.03. The number of hydrogen-bond donors (Lipinski definition) is 0. The molecule has 2 aromatic rings. The molecule has 0 atom stereocenters. The number of unbranched alkanes of at least 4 members (excludes halogenated alkanes) is 5. The van der Waals surface area contributed by atoms with Crippen molar-refractivity contribution in [3.8, 4) is 0 Å². The Morgan fingerprint density at radius 3 is 1.93 bits per heavy atom. The van der Waals surface area contributed by atoms with Crippen LogP contribution in [0.4, 0.5) is 22.0 Å². The first-order chi connectivity index (χ1) is 19.7. The summed E-state index contributed by atoms with van der Waals surface area (Å²) in [5.41, 5.74) is 0.813. The standard InChI is InChI=1S/C35H45F5O/c1-2-3-4-5-6-7-8-27-15-20-33(34(38)21-27)35(39,40)41-32-18-13-26(14-19-32)10-9-25-11-16-28(17-12-25)29-22-30(36)24-31(37)23-29/h9-10,15,20-26,28,32H,2-8,11-14,16-19H2,1H3/b10-9+. The summed E-state index contributed by atoms with van der Waals surface area (Å²) in [5, 5.41) is 0. The fraction of sp³-hybridized carbons (Fsp3) is 0.600. The van der Waals surface area contributed by atoms with E-state index in [1.165, 1.54) is 43.5 Å². The van der Waals surface area contributed by atoms with Gasteiger partial charge in [-0.15, -0.1) is 0 Å². The van der Waals surface area contributed by atoms with Gasteiger partial charge in [-0.05, 0) is 117 Å². The summed E-state index contributed by atoms with van der Waals surface area (Å²) >= 11 is 0. The molecule has 1 nitrogen and oxygen atoms in total. The quantitative estimate of drug-likeness (QED) is 0.131. The average Bonchev–Trinajstić information content (AvgIpc) is 2.94. The van der Waals surface area contributed by atoms with Crippen molar-refractivity contribution in [2.75, 3.05) is 0 Å². The zero-order valence-corrected chi connectivity index (χ0v) is 24.3. The first kappa shape index (κ1) is 31.7. The minimum atomic E-state index is -3.65. The van der Waals surface area contributed by atoms with E-state index < -0.39 is 35.2 Å². The predicted molar refractivity (Wildman–Crippen MR) is 154 cm³/mol. The van der Waals surface area contributed by atoms with E-state index in [0.29, 0.717) is 31.1 Å². The lowest BCUT2D eigenvalue weighted by molar-refractivity contribution is -0.279. The summed E-state index contributed by atoms with van der Waals surface area (Å²) in [7, 11) is 0. The second kappa shape index (κ2) is 15.3. The Hall–Kier alpha value is -2.21. The predicted octanol–water partition coefficient (Wildman–Crippen LogP) is 11.2. The van der Waals surface area contributed by atoms with Crippen molar-refractivity contribution in [3.05, 3.63) is 82.7 Å². The maximum atomic E-state index is 14.9. The van der Waals surface area contributed by atoms with Gasteiger partial charge in [-0.2, -0.15) is 8.78 Å². The van der Waals surface area contributed by atoms with Gasteiger partial charge in [0.15, 0.2) is 0 Å². The van der Waals surface area contributed by atoms with Gasteiger partial charge in [0, 0.05) is 6.07 Å². The highest BCUT2D eigenvalue weighted by Crippen LogP contribution is 2.39. The van der Waals surface area contributed by atoms with E-state index >= 15 is 0 Å². The molecule has 0 N–H and O–H groups in total. The molecular formula is C35H45F5O. The van der Waals surface area contributed by atoms with Crippen LogP contribution in [0.15, 0.2) is 48.6 Å². The Labute approximate surface area is 242 Å². The Morgan fingerprint density at radius 1 is 0.732 bits per heavy atom. The van der Waals surface area contributed by atoms with Crippen molar-refractivity contribution in [2.45, 2.75) is 121 Å². The molecule has 0 heterocycles. The third-order valence-electron chi connectivity index (χ3n) is 8.98. The fourth-order valence-corrected chi connectivity index (χ4v) is 6.50. The largest absolute Gasteiger partial charge is 0.386 e. The molecule has 0 aliphatic heterocycles. The number of halogens is 5. The highest BCUT2D eigenvalue weighted by Gasteiger charge is 2.39. The van der Waals surface area contributed by atoms with Crippen molar-refractivity contribution >= 4 is 0 Å². The second-order valence-corrected chi connectivity index (χ2v) is 12.2. The third-order valence-corrected chi connectivity index (χ3v) is 8.98. The van der Waals surface area contributed by atoms with Gasteiger partial charge in [-0.3, -0.25) is 0 Å². The minimum absolute atomic E-state index is 0.181. The molecule has 0 radical (unpaired) electrons. The molecule has 2 saturated carbocycles. The van der Waals surface area contributed by atoms with Crippen molar-refractivity contribution < 1.29 is 26.7 Å². The number of hydrogen-bond acceptors (Lipinski definition) is 1. The SMILES string of the molecule is CCCCCCCCc1ccc(C(F)(F)OC2CCC(/C=C/C3CCC(c4cc(F)cc(F)c4)CC3)CC2)c(F)c1. The van der Waals surface area contributed by atoms with Gasteiger partial charge in [0.2, 0.25) is 0 Å². The molecule has 2 aliphatic rings. The summed E-state index contributed by atoms with van der Waals surface area (Å²) in [6.45, 7) is 2.17. The summed E-state index contributed by atoms with van der Waals surface area (Å²) < 4.78 is 76.9. The Kier molecular flexibility index (Phi) is 11.8. The Morgan fingerprint density at radius 2 is 1.32 bits per heavy atom. The molecule has 2 fully saturated rings. The van der Waals surface area contributed by atoms with Crippen LogP contribution in [-0.2, 0) is 17.3 Å². The highest BCUT2D eigenvalue weighted by molar-refractivity contribution is 5.27. The first-order valence-electron chi connectivity index (χ1n) is 15.7. The molecule has 0 aromatic heterocycles. The summed E-state index contributed by atoms with van der Waals surface area (Å²) in [6.07, 6.45) is 13.9. The van der Waals surface area contributed by atoms with Crippen molar-refractivity contribution in [2.24, 2.45) is 11.8 Å². The summed E-state index contributed by atoms with van der Waals surface area (Å²) in [6, 6.07) is 7.82. The van der Waals surface area contributed by atoms with Crippen LogP contribution >= 0.6 is 0 Å². The lowest BCUT2D eigenvalue weighted by atomic mass is 9.78. The van der Waals surface area contributed by atoms with Crippen LogP contribution in [0.5, 0.6) is 0 Å². The molecule has 0 bridgehead atoms. The molecule has 2 aromatic carbocycles. The van der Waals surface area contributed by atoms with Crippen LogP contribution in [0.25, 0.3) is 0 Å². The molecule has 226 valence electrons. The molecule has 0 spiro atoms. The van der Waals surface area contributed by atoms with E-state index in [0.717, 1.165) is 75.0 Å². The molecule has 6 heteroatoms. The molecule has 0 unspecified atom stereocenters. The van der Waals surface area contributed by atoms with E-state index in [4.69, 9.17) is 4.74 Å². The molecule has 41 heavy (non-hydrogen) atoms.